The minimum atomic E-state index is -0.437. The highest BCUT2D eigenvalue weighted by Crippen LogP contribution is 2.34. The average molecular weight is 348 g/mol. The highest BCUT2D eigenvalue weighted by atomic mass is 32.1. The van der Waals surface area contributed by atoms with Gasteiger partial charge < -0.3 is 24.8 Å². The maximum Gasteiger partial charge on any atom is 0.337 e. The molecule has 1 heterocycles. The highest BCUT2D eigenvalue weighted by molar-refractivity contribution is 7.80. The molecule has 1 aromatic rings. The van der Waals surface area contributed by atoms with Gasteiger partial charge in [0.15, 0.2) is 16.6 Å². The Morgan fingerprint density at radius 1 is 1.38 bits per heavy atom. The molecule has 0 amide bonds. The van der Waals surface area contributed by atoms with E-state index in [-0.39, 0.29) is 0 Å². The predicted octanol–water partition coefficient (Wildman–Crippen LogP) is 2.23. The molecule has 0 radical (unpaired) electrons. The second-order valence-corrected chi connectivity index (χ2v) is 5.48. The molecular formula is C17H20N2O4S. The van der Waals surface area contributed by atoms with Crippen molar-refractivity contribution in [2.75, 3.05) is 20.8 Å². The van der Waals surface area contributed by atoms with Crippen LogP contribution in [0.3, 0.4) is 0 Å². The van der Waals surface area contributed by atoms with E-state index in [1.807, 2.05) is 6.07 Å². The van der Waals surface area contributed by atoms with Gasteiger partial charge in [0, 0.05) is 5.70 Å². The van der Waals surface area contributed by atoms with Gasteiger partial charge in [0.25, 0.3) is 0 Å². The van der Waals surface area contributed by atoms with Gasteiger partial charge in [0.05, 0.1) is 25.8 Å². The van der Waals surface area contributed by atoms with E-state index in [0.717, 1.165) is 5.56 Å². The Bertz CT molecular complexity index is 700. The number of hydrogen-bond acceptors (Lipinski definition) is 5. The lowest BCUT2D eigenvalue weighted by atomic mass is 9.95. The molecule has 2 rings (SSSR count). The molecular weight excluding hydrogens is 328 g/mol. The summed E-state index contributed by atoms with van der Waals surface area (Å²) in [5.41, 5.74) is 1.93. The quantitative estimate of drug-likeness (QED) is 0.464. The zero-order valence-corrected chi connectivity index (χ0v) is 14.7. The summed E-state index contributed by atoms with van der Waals surface area (Å²) < 4.78 is 15.8. The maximum absolute atomic E-state index is 12.2. The SMILES string of the molecule is C=CCOc1ccc(C2NC(=S)NC(C)=C2C(=O)OC)cc1OC. The van der Waals surface area contributed by atoms with Crippen molar-refractivity contribution in [2.24, 2.45) is 0 Å². The molecule has 2 N–H and O–H groups in total. The normalized spacial score (nSPS) is 16.8. The van der Waals surface area contributed by atoms with Gasteiger partial charge in [0.2, 0.25) is 0 Å². The largest absolute Gasteiger partial charge is 0.493 e. The third-order valence-corrected chi connectivity index (χ3v) is 3.77. The number of ether oxygens (including phenoxy) is 3. The summed E-state index contributed by atoms with van der Waals surface area (Å²) in [7, 11) is 2.90. The number of nitrogens with one attached hydrogen (secondary N) is 2. The maximum atomic E-state index is 12.2. The van der Waals surface area contributed by atoms with Gasteiger partial charge in [0.1, 0.15) is 6.61 Å². The van der Waals surface area contributed by atoms with Crippen LogP contribution < -0.4 is 20.1 Å². The van der Waals surface area contributed by atoms with Crippen molar-refractivity contribution < 1.29 is 19.0 Å². The van der Waals surface area contributed by atoms with Crippen LogP contribution >= 0.6 is 12.2 Å². The zero-order valence-electron chi connectivity index (χ0n) is 13.8. The molecule has 0 aromatic heterocycles. The van der Waals surface area contributed by atoms with Crippen molar-refractivity contribution in [1.29, 1.82) is 0 Å². The molecule has 1 aliphatic heterocycles. The summed E-state index contributed by atoms with van der Waals surface area (Å²) >= 11 is 5.20. The summed E-state index contributed by atoms with van der Waals surface area (Å²) in [5, 5.41) is 6.48. The van der Waals surface area contributed by atoms with Crippen molar-refractivity contribution in [3.63, 3.8) is 0 Å². The Hall–Kier alpha value is -2.54. The molecule has 0 saturated heterocycles. The molecule has 128 valence electrons. The number of thiocarbonyl (C=S) groups is 1. The number of carbonyl (C=O) groups excluding carboxylic acids is 1. The lowest BCUT2D eigenvalue weighted by Gasteiger charge is -2.30. The lowest BCUT2D eigenvalue weighted by Crippen LogP contribution is -2.45. The first-order chi connectivity index (χ1) is 11.5. The fourth-order valence-electron chi connectivity index (χ4n) is 2.46. The van der Waals surface area contributed by atoms with Gasteiger partial charge in [-0.25, -0.2) is 4.79 Å². The van der Waals surface area contributed by atoms with Crippen molar-refractivity contribution in [3.8, 4) is 11.5 Å². The smallest absolute Gasteiger partial charge is 0.337 e. The van der Waals surface area contributed by atoms with Crippen molar-refractivity contribution in [2.45, 2.75) is 13.0 Å². The number of allylic oxidation sites excluding steroid dienone is 1. The fraction of sp³-hybridized carbons (Fsp3) is 0.294. The van der Waals surface area contributed by atoms with Crippen LogP contribution in [-0.2, 0) is 9.53 Å². The third kappa shape index (κ3) is 3.68. The van der Waals surface area contributed by atoms with Crippen molar-refractivity contribution in [3.05, 3.63) is 47.7 Å². The molecule has 0 saturated carbocycles. The standard InChI is InChI=1S/C17H20N2O4S/c1-5-8-23-12-7-6-11(9-13(12)21-3)15-14(16(20)22-4)10(2)18-17(24)19-15/h5-7,9,15H,1,8H2,2-4H3,(H2,18,19,24). The van der Waals surface area contributed by atoms with Crippen LogP contribution in [0.2, 0.25) is 0 Å². The third-order valence-electron chi connectivity index (χ3n) is 3.55. The molecule has 24 heavy (non-hydrogen) atoms. The van der Waals surface area contributed by atoms with Crippen molar-refractivity contribution >= 4 is 23.3 Å². The van der Waals surface area contributed by atoms with Gasteiger partial charge in [-0.3, -0.25) is 0 Å². The summed E-state index contributed by atoms with van der Waals surface area (Å²) in [5.74, 6) is 0.728. The van der Waals surface area contributed by atoms with Gasteiger partial charge in [-0.1, -0.05) is 18.7 Å². The molecule has 1 aromatic carbocycles. The molecule has 0 fully saturated rings. The molecule has 0 spiro atoms. The molecule has 0 bridgehead atoms. The first kappa shape index (κ1) is 17.8. The van der Waals surface area contributed by atoms with Crippen LogP contribution in [0.25, 0.3) is 0 Å². The van der Waals surface area contributed by atoms with Gasteiger partial charge in [-0.15, -0.1) is 0 Å². The number of hydrogen-bond donors (Lipinski definition) is 2. The van der Waals surface area contributed by atoms with E-state index in [9.17, 15) is 4.79 Å². The minimum absolute atomic E-state index is 0.373. The van der Waals surface area contributed by atoms with E-state index in [1.54, 1.807) is 32.2 Å². The summed E-state index contributed by atoms with van der Waals surface area (Å²) in [6, 6.07) is 5.01. The van der Waals surface area contributed by atoms with Crippen LogP contribution in [0.1, 0.15) is 18.5 Å². The average Bonchev–Trinajstić information content (AvgIpc) is 2.58. The summed E-state index contributed by atoms with van der Waals surface area (Å²) in [6.45, 7) is 5.78. The van der Waals surface area contributed by atoms with E-state index in [1.165, 1.54) is 7.11 Å². The first-order valence-electron chi connectivity index (χ1n) is 7.30. The number of rotatable bonds is 6. The Labute approximate surface area is 146 Å². The Balaban J connectivity index is 2.44. The van der Waals surface area contributed by atoms with Crippen molar-refractivity contribution in [1.82, 2.24) is 10.6 Å². The topological polar surface area (TPSA) is 68.8 Å². The number of benzene rings is 1. The van der Waals surface area contributed by atoms with Gasteiger partial charge in [-0.05, 0) is 36.8 Å². The summed E-state index contributed by atoms with van der Waals surface area (Å²) in [6.07, 6.45) is 1.65. The van der Waals surface area contributed by atoms with E-state index >= 15 is 0 Å². The second kappa shape index (κ2) is 7.83. The van der Waals surface area contributed by atoms with Crippen LogP contribution in [0.15, 0.2) is 42.1 Å². The molecule has 6 nitrogen and oxygen atoms in total. The van der Waals surface area contributed by atoms with E-state index in [2.05, 4.69) is 17.2 Å². The first-order valence-corrected chi connectivity index (χ1v) is 7.70. The summed E-state index contributed by atoms with van der Waals surface area (Å²) in [4.78, 5) is 12.2. The molecule has 1 aliphatic rings. The van der Waals surface area contributed by atoms with E-state index < -0.39 is 12.0 Å². The van der Waals surface area contributed by atoms with Crippen LogP contribution in [-0.4, -0.2) is 31.9 Å². The Morgan fingerprint density at radius 3 is 2.75 bits per heavy atom. The lowest BCUT2D eigenvalue weighted by molar-refractivity contribution is -0.136. The number of carbonyl (C=O) groups is 1. The Kier molecular flexibility index (Phi) is 5.81. The monoisotopic (exact) mass is 348 g/mol. The number of methoxy groups -OCH3 is 2. The molecule has 1 atom stereocenters. The highest BCUT2D eigenvalue weighted by Gasteiger charge is 2.31. The van der Waals surface area contributed by atoms with E-state index in [0.29, 0.717) is 34.5 Å². The second-order valence-electron chi connectivity index (χ2n) is 5.07. The molecule has 1 unspecified atom stereocenters. The van der Waals surface area contributed by atoms with Crippen LogP contribution in [0.5, 0.6) is 11.5 Å². The van der Waals surface area contributed by atoms with Gasteiger partial charge in [-0.2, -0.15) is 0 Å². The minimum Gasteiger partial charge on any atom is -0.493 e. The van der Waals surface area contributed by atoms with Crippen LogP contribution in [0, 0.1) is 0 Å². The van der Waals surface area contributed by atoms with E-state index in [4.69, 9.17) is 26.4 Å². The van der Waals surface area contributed by atoms with Gasteiger partial charge >= 0.3 is 5.97 Å². The number of esters is 1. The molecule has 0 aliphatic carbocycles. The van der Waals surface area contributed by atoms with Crippen LogP contribution in [0.4, 0.5) is 0 Å². The molecule has 7 heteroatoms. The Morgan fingerprint density at radius 2 is 2.12 bits per heavy atom. The zero-order chi connectivity index (χ0) is 17.7. The predicted molar refractivity (Wildman–Crippen MR) is 95.0 cm³/mol. The fourth-order valence-corrected chi connectivity index (χ4v) is 2.73.